The predicted molar refractivity (Wildman–Crippen MR) is 115 cm³/mol. The quantitative estimate of drug-likeness (QED) is 0.603. The average molecular weight is 443 g/mol. The average Bonchev–Trinajstić information content (AvgIpc) is 3.05. The molecule has 1 fully saturated rings. The summed E-state index contributed by atoms with van der Waals surface area (Å²) in [5, 5.41) is 12.0. The van der Waals surface area contributed by atoms with Crippen molar-refractivity contribution in [1.29, 1.82) is 0 Å². The lowest BCUT2D eigenvalue weighted by Crippen LogP contribution is -2.46. The molecule has 9 heteroatoms. The summed E-state index contributed by atoms with van der Waals surface area (Å²) in [6.45, 7) is 3.90. The number of amides is 2. The van der Waals surface area contributed by atoms with Crippen LogP contribution in [0.4, 0.5) is 0 Å². The van der Waals surface area contributed by atoms with Crippen LogP contribution in [-0.4, -0.2) is 54.6 Å². The summed E-state index contributed by atoms with van der Waals surface area (Å²) in [6.07, 6.45) is 0.488. The highest BCUT2D eigenvalue weighted by molar-refractivity contribution is 7.99. The van der Waals surface area contributed by atoms with Crippen LogP contribution in [0.2, 0.25) is 19.1 Å². The van der Waals surface area contributed by atoms with Crippen molar-refractivity contribution in [1.82, 2.24) is 10.2 Å². The Kier molecular flexibility index (Phi) is 5.33. The van der Waals surface area contributed by atoms with Crippen LogP contribution in [0.1, 0.15) is 10.4 Å². The number of para-hydroxylation sites is 1. The van der Waals surface area contributed by atoms with Crippen molar-refractivity contribution in [2.24, 2.45) is 0 Å². The van der Waals surface area contributed by atoms with Crippen LogP contribution in [0.15, 0.2) is 52.3 Å². The number of benzene rings is 2. The van der Waals surface area contributed by atoms with Crippen molar-refractivity contribution in [2.75, 3.05) is 12.7 Å². The monoisotopic (exact) mass is 442 g/mol. The smallest absolute Gasteiger partial charge is 0.326 e. The van der Waals surface area contributed by atoms with Crippen LogP contribution in [0.25, 0.3) is 0 Å². The number of ether oxygens (including phenoxy) is 1. The molecule has 30 heavy (non-hydrogen) atoms. The van der Waals surface area contributed by atoms with E-state index in [-0.39, 0.29) is 12.5 Å². The van der Waals surface area contributed by atoms with E-state index in [0.29, 0.717) is 23.5 Å². The second kappa shape index (κ2) is 7.80. The van der Waals surface area contributed by atoms with Crippen molar-refractivity contribution in [3.8, 4) is 11.5 Å². The zero-order valence-electron chi connectivity index (χ0n) is 16.7. The number of nitrogens with one attached hydrogen (secondary N) is 1. The lowest BCUT2D eigenvalue weighted by Gasteiger charge is -2.22. The molecule has 0 bridgehead atoms. The molecular weight excluding hydrogens is 420 g/mol. The normalized spacial score (nSPS) is 18.7. The fourth-order valence-corrected chi connectivity index (χ4v) is 7.60. The van der Waals surface area contributed by atoms with E-state index in [1.807, 2.05) is 30.3 Å². The molecule has 0 spiro atoms. The maximum Gasteiger partial charge on any atom is 0.326 e. The number of rotatable bonds is 4. The molecule has 4 rings (SSSR count). The van der Waals surface area contributed by atoms with Crippen molar-refractivity contribution in [2.45, 2.75) is 35.0 Å². The van der Waals surface area contributed by atoms with Crippen molar-refractivity contribution in [3.05, 3.63) is 48.0 Å². The van der Waals surface area contributed by atoms with Gasteiger partial charge in [-0.15, -0.1) is 0 Å². The molecule has 0 aliphatic carbocycles. The minimum Gasteiger partial charge on any atom is -0.480 e. The van der Waals surface area contributed by atoms with Gasteiger partial charge in [0.1, 0.15) is 17.5 Å². The standard InChI is InChI=1S/C21H22N2O5SSi/c1-30(2)11-14(21(26)27)23(12-30)19(24)10-22-20(25)13-7-8-18-16(9-13)28-15-5-3-4-6-17(15)29-18/h3-9,14H,10-12H2,1-2H3,(H,22,25)(H,26,27)/t14-/m0/s1. The van der Waals surface area contributed by atoms with Gasteiger partial charge in [-0.3, -0.25) is 9.59 Å². The van der Waals surface area contributed by atoms with Crippen LogP contribution >= 0.6 is 11.8 Å². The molecule has 156 valence electrons. The number of fused-ring (bicyclic) bond motifs is 2. The molecule has 2 aliphatic heterocycles. The molecule has 0 saturated carbocycles. The molecule has 2 aliphatic rings. The number of carboxylic acid groups (broad SMARTS) is 1. The number of carbonyl (C=O) groups is 3. The first kappa shape index (κ1) is 20.5. The minimum atomic E-state index is -1.76. The third-order valence-corrected chi connectivity index (χ3v) is 9.02. The number of carbonyl (C=O) groups excluding carboxylic acids is 2. The first-order valence-electron chi connectivity index (χ1n) is 9.63. The lowest BCUT2D eigenvalue weighted by molar-refractivity contribution is -0.147. The van der Waals surface area contributed by atoms with Crippen LogP contribution in [0.5, 0.6) is 11.5 Å². The SMILES string of the molecule is C[Si]1(C)C[C@@H](C(=O)O)N(C(=O)CNC(=O)c2ccc3c(c2)Oc2ccccc2S3)C1. The van der Waals surface area contributed by atoms with Crippen molar-refractivity contribution in [3.63, 3.8) is 0 Å². The Balaban J connectivity index is 1.42. The van der Waals surface area contributed by atoms with Gasteiger partial charge in [0.05, 0.1) is 24.4 Å². The molecule has 2 aromatic carbocycles. The Morgan fingerprint density at radius 3 is 2.67 bits per heavy atom. The first-order chi connectivity index (χ1) is 14.2. The summed E-state index contributed by atoms with van der Waals surface area (Å²) < 4.78 is 5.90. The topological polar surface area (TPSA) is 95.9 Å². The van der Waals surface area contributed by atoms with E-state index in [2.05, 4.69) is 18.4 Å². The third-order valence-electron chi connectivity index (χ3n) is 5.22. The molecule has 7 nitrogen and oxygen atoms in total. The number of aliphatic carboxylic acids is 1. The molecule has 0 radical (unpaired) electrons. The van der Waals surface area contributed by atoms with E-state index in [4.69, 9.17) is 4.74 Å². The van der Waals surface area contributed by atoms with Gasteiger partial charge in [0.25, 0.3) is 5.91 Å². The summed E-state index contributed by atoms with van der Waals surface area (Å²) in [7, 11) is -1.76. The van der Waals surface area contributed by atoms with Crippen LogP contribution < -0.4 is 10.1 Å². The zero-order valence-corrected chi connectivity index (χ0v) is 18.5. The summed E-state index contributed by atoms with van der Waals surface area (Å²) in [5.74, 6) is -0.426. The van der Waals surface area contributed by atoms with Gasteiger partial charge in [-0.05, 0) is 36.4 Å². The highest BCUT2D eigenvalue weighted by Gasteiger charge is 2.44. The van der Waals surface area contributed by atoms with Crippen LogP contribution in [-0.2, 0) is 9.59 Å². The predicted octanol–water partition coefficient (Wildman–Crippen LogP) is 3.22. The summed E-state index contributed by atoms with van der Waals surface area (Å²) in [6, 6.07) is 12.6. The Labute approximate surface area is 179 Å². The molecule has 1 atom stereocenters. The first-order valence-corrected chi connectivity index (χ1v) is 13.9. The molecule has 2 N–H and O–H groups in total. The van der Waals surface area contributed by atoms with E-state index in [0.717, 1.165) is 15.5 Å². The van der Waals surface area contributed by atoms with Gasteiger partial charge in [-0.25, -0.2) is 4.79 Å². The Hall–Kier alpha value is -2.78. The van der Waals surface area contributed by atoms with Gasteiger partial charge in [0.15, 0.2) is 0 Å². The summed E-state index contributed by atoms with van der Waals surface area (Å²) >= 11 is 1.57. The Bertz CT molecular complexity index is 1040. The summed E-state index contributed by atoms with van der Waals surface area (Å²) in [4.78, 5) is 40.0. The fourth-order valence-electron chi connectivity index (χ4n) is 3.78. The van der Waals surface area contributed by atoms with Crippen LogP contribution in [0, 0.1) is 0 Å². The number of hydrogen-bond donors (Lipinski definition) is 2. The van der Waals surface area contributed by atoms with Gasteiger partial charge in [-0.1, -0.05) is 37.0 Å². The molecule has 0 aromatic heterocycles. The van der Waals surface area contributed by atoms with E-state index in [1.165, 1.54) is 4.90 Å². The molecular formula is C21H22N2O5SSi. The van der Waals surface area contributed by atoms with Gasteiger partial charge < -0.3 is 20.1 Å². The van der Waals surface area contributed by atoms with E-state index in [9.17, 15) is 19.5 Å². The highest BCUT2D eigenvalue weighted by Crippen LogP contribution is 2.46. The maximum atomic E-state index is 12.6. The summed E-state index contributed by atoms with van der Waals surface area (Å²) in [5.41, 5.74) is 0.382. The van der Waals surface area contributed by atoms with Gasteiger partial charge in [0.2, 0.25) is 5.91 Å². The Morgan fingerprint density at radius 2 is 1.90 bits per heavy atom. The maximum absolute atomic E-state index is 12.6. The van der Waals surface area contributed by atoms with E-state index < -0.39 is 26.0 Å². The number of carboxylic acids is 1. The minimum absolute atomic E-state index is 0.234. The number of nitrogens with zero attached hydrogens (tertiary/aromatic N) is 1. The van der Waals surface area contributed by atoms with Gasteiger partial charge >= 0.3 is 5.97 Å². The zero-order chi connectivity index (χ0) is 21.5. The molecule has 2 amide bonds. The van der Waals surface area contributed by atoms with E-state index >= 15 is 0 Å². The molecule has 2 aromatic rings. The second-order valence-corrected chi connectivity index (χ2v) is 14.4. The lowest BCUT2D eigenvalue weighted by atomic mass is 10.2. The molecule has 1 saturated heterocycles. The highest BCUT2D eigenvalue weighted by atomic mass is 32.2. The van der Waals surface area contributed by atoms with Crippen LogP contribution in [0.3, 0.4) is 0 Å². The van der Waals surface area contributed by atoms with E-state index in [1.54, 1.807) is 23.9 Å². The van der Waals surface area contributed by atoms with Crippen molar-refractivity contribution < 1.29 is 24.2 Å². The molecule has 0 unspecified atom stereocenters. The largest absolute Gasteiger partial charge is 0.480 e. The molecule has 2 heterocycles. The van der Waals surface area contributed by atoms with Gasteiger partial charge in [-0.2, -0.15) is 0 Å². The second-order valence-electron chi connectivity index (χ2n) is 8.24. The van der Waals surface area contributed by atoms with Crippen molar-refractivity contribution >= 4 is 37.6 Å². The van der Waals surface area contributed by atoms with Gasteiger partial charge in [0, 0.05) is 11.7 Å². The fraction of sp³-hybridized carbons (Fsp3) is 0.286. The Morgan fingerprint density at radius 1 is 1.17 bits per heavy atom. The third kappa shape index (κ3) is 4.08. The number of hydrogen-bond acceptors (Lipinski definition) is 5.